The first-order valence-corrected chi connectivity index (χ1v) is 6.86. The van der Waals surface area contributed by atoms with Crippen molar-refractivity contribution >= 4 is 21.6 Å². The molecule has 0 unspecified atom stereocenters. The molecule has 2 nitrogen and oxygen atoms in total. The molecule has 1 saturated carbocycles. The van der Waals surface area contributed by atoms with Gasteiger partial charge in [-0.3, -0.25) is 0 Å². The Hall–Kier alpha value is -1.08. The van der Waals surface area contributed by atoms with Gasteiger partial charge in [0.05, 0.1) is 12.5 Å². The third-order valence-corrected chi connectivity index (χ3v) is 3.55. The van der Waals surface area contributed by atoms with Crippen molar-refractivity contribution in [3.63, 3.8) is 0 Å². The summed E-state index contributed by atoms with van der Waals surface area (Å²) in [5.41, 5.74) is 2.01. The lowest BCUT2D eigenvalue weighted by Gasteiger charge is -2.25. The molecular weight excluding hydrogens is 283 g/mol. The maximum Gasteiger partial charge on any atom is 0.123 e. The van der Waals surface area contributed by atoms with Gasteiger partial charge in [-0.25, -0.2) is 4.39 Å². The summed E-state index contributed by atoms with van der Waals surface area (Å²) in [5, 5.41) is 9.32. The smallest absolute Gasteiger partial charge is 0.123 e. The van der Waals surface area contributed by atoms with Gasteiger partial charge in [0.15, 0.2) is 0 Å². The average Bonchev–Trinajstić information content (AvgIpc) is 3.15. The van der Waals surface area contributed by atoms with Crippen molar-refractivity contribution in [3.8, 4) is 6.07 Å². The second kappa shape index (κ2) is 5.50. The zero-order chi connectivity index (χ0) is 12.3. The third kappa shape index (κ3) is 2.98. The molecule has 0 saturated heterocycles. The van der Waals surface area contributed by atoms with E-state index in [0.29, 0.717) is 17.8 Å². The monoisotopic (exact) mass is 296 g/mol. The molecule has 1 aromatic carbocycles. The van der Waals surface area contributed by atoms with E-state index in [1.54, 1.807) is 6.07 Å². The number of rotatable bonds is 5. The van der Waals surface area contributed by atoms with E-state index in [-0.39, 0.29) is 5.82 Å². The number of alkyl halides is 1. The lowest BCUT2D eigenvalue weighted by atomic mass is 10.1. The lowest BCUT2D eigenvalue weighted by Crippen LogP contribution is -2.27. The minimum Gasteiger partial charge on any atom is -0.367 e. The zero-order valence-corrected chi connectivity index (χ0v) is 11.1. The molecule has 17 heavy (non-hydrogen) atoms. The van der Waals surface area contributed by atoms with Crippen molar-refractivity contribution in [1.29, 1.82) is 5.26 Å². The highest BCUT2D eigenvalue weighted by Crippen LogP contribution is 2.34. The maximum atomic E-state index is 13.2. The predicted molar refractivity (Wildman–Crippen MR) is 69.6 cm³/mol. The Bertz CT molecular complexity index is 438. The molecule has 1 fully saturated rings. The molecule has 2 rings (SSSR count). The topological polar surface area (TPSA) is 27.0 Å². The van der Waals surface area contributed by atoms with Crippen LogP contribution in [0.3, 0.4) is 0 Å². The molecule has 0 heterocycles. The Morgan fingerprint density at radius 1 is 1.47 bits per heavy atom. The number of benzene rings is 1. The third-order valence-electron chi connectivity index (χ3n) is 2.95. The van der Waals surface area contributed by atoms with Gasteiger partial charge in [-0.2, -0.15) is 5.26 Å². The molecular formula is C13H14BrFN2. The highest BCUT2D eigenvalue weighted by atomic mass is 79.9. The lowest BCUT2D eigenvalue weighted by molar-refractivity contribution is 0.625. The minimum absolute atomic E-state index is 0.209. The van der Waals surface area contributed by atoms with E-state index in [1.165, 1.54) is 18.9 Å². The van der Waals surface area contributed by atoms with Gasteiger partial charge in [-0.1, -0.05) is 15.9 Å². The van der Waals surface area contributed by atoms with Gasteiger partial charge in [-0.05, 0) is 36.6 Å². The van der Waals surface area contributed by atoms with Gasteiger partial charge < -0.3 is 4.90 Å². The van der Waals surface area contributed by atoms with E-state index >= 15 is 0 Å². The molecule has 1 aromatic rings. The van der Waals surface area contributed by atoms with Crippen molar-refractivity contribution < 1.29 is 4.39 Å². The van der Waals surface area contributed by atoms with Crippen LogP contribution in [-0.2, 0) is 5.33 Å². The molecule has 0 radical (unpaired) electrons. The summed E-state index contributed by atoms with van der Waals surface area (Å²) < 4.78 is 13.2. The molecule has 1 aliphatic carbocycles. The highest BCUT2D eigenvalue weighted by Gasteiger charge is 2.29. The number of nitriles is 1. The second-order valence-corrected chi connectivity index (χ2v) is 4.80. The van der Waals surface area contributed by atoms with Gasteiger partial charge in [0.1, 0.15) is 5.82 Å². The number of nitrogens with zero attached hydrogens (tertiary/aromatic N) is 2. The number of anilines is 1. The van der Waals surface area contributed by atoms with Crippen molar-refractivity contribution in [2.45, 2.75) is 30.6 Å². The Kier molecular flexibility index (Phi) is 4.01. The first kappa shape index (κ1) is 12.4. The van der Waals surface area contributed by atoms with Crippen molar-refractivity contribution in [3.05, 3.63) is 29.6 Å². The molecule has 4 heteroatoms. The number of halogens is 2. The largest absolute Gasteiger partial charge is 0.367 e. The number of hydrogen-bond donors (Lipinski definition) is 0. The van der Waals surface area contributed by atoms with Crippen LogP contribution in [0.15, 0.2) is 18.2 Å². The fourth-order valence-corrected chi connectivity index (χ4v) is 2.45. The van der Waals surface area contributed by atoms with Crippen LogP contribution in [0.25, 0.3) is 0 Å². The summed E-state index contributed by atoms with van der Waals surface area (Å²) in [7, 11) is 0. The van der Waals surface area contributed by atoms with Crippen LogP contribution < -0.4 is 4.90 Å². The summed E-state index contributed by atoms with van der Waals surface area (Å²) in [6.07, 6.45) is 2.85. The van der Waals surface area contributed by atoms with Crippen molar-refractivity contribution in [2.75, 3.05) is 11.4 Å². The van der Waals surface area contributed by atoms with Crippen molar-refractivity contribution in [2.24, 2.45) is 0 Å². The molecule has 0 N–H and O–H groups in total. The molecule has 0 aromatic heterocycles. The second-order valence-electron chi connectivity index (χ2n) is 4.24. The van der Waals surface area contributed by atoms with E-state index < -0.39 is 0 Å². The highest BCUT2D eigenvalue weighted by molar-refractivity contribution is 9.08. The first-order valence-electron chi connectivity index (χ1n) is 5.74. The molecule has 0 aliphatic heterocycles. The van der Waals surface area contributed by atoms with E-state index in [1.807, 2.05) is 6.07 Å². The average molecular weight is 297 g/mol. The molecule has 0 atom stereocenters. The Morgan fingerprint density at radius 2 is 2.24 bits per heavy atom. The summed E-state index contributed by atoms with van der Waals surface area (Å²) in [6.45, 7) is 0.729. The maximum absolute atomic E-state index is 13.2. The molecule has 90 valence electrons. The summed E-state index contributed by atoms with van der Waals surface area (Å²) in [6, 6.07) is 7.58. The van der Waals surface area contributed by atoms with Crippen LogP contribution >= 0.6 is 15.9 Å². The summed E-state index contributed by atoms with van der Waals surface area (Å²) in [4.78, 5) is 2.24. The fraction of sp³-hybridized carbons (Fsp3) is 0.462. The van der Waals surface area contributed by atoms with E-state index in [4.69, 9.17) is 5.26 Å². The molecule has 0 bridgehead atoms. The minimum atomic E-state index is -0.209. The zero-order valence-electron chi connectivity index (χ0n) is 9.50. The fourth-order valence-electron chi connectivity index (χ4n) is 2.00. The molecule has 1 aliphatic rings. The normalized spacial score (nSPS) is 14.4. The first-order chi connectivity index (χ1) is 8.26. The SMILES string of the molecule is N#CCCN(c1ccc(F)cc1CBr)C1CC1. The van der Waals surface area contributed by atoms with Gasteiger partial charge >= 0.3 is 0 Å². The van der Waals surface area contributed by atoms with Crippen LogP contribution in [0.2, 0.25) is 0 Å². The Morgan fingerprint density at radius 3 is 2.82 bits per heavy atom. The summed E-state index contributed by atoms with van der Waals surface area (Å²) in [5.74, 6) is -0.209. The van der Waals surface area contributed by atoms with Gasteiger partial charge in [0.2, 0.25) is 0 Å². The van der Waals surface area contributed by atoms with Crippen LogP contribution in [0.4, 0.5) is 10.1 Å². The quantitative estimate of drug-likeness (QED) is 0.776. The number of hydrogen-bond acceptors (Lipinski definition) is 2. The van der Waals surface area contributed by atoms with Crippen molar-refractivity contribution in [1.82, 2.24) is 0 Å². The van der Waals surface area contributed by atoms with E-state index in [0.717, 1.165) is 17.8 Å². The van der Waals surface area contributed by atoms with Crippen LogP contribution in [-0.4, -0.2) is 12.6 Å². The van der Waals surface area contributed by atoms with Gasteiger partial charge in [0, 0.05) is 23.6 Å². The standard InChI is InChI=1S/C13H14BrFN2/c14-9-10-8-11(15)2-5-13(10)17(7-1-6-16)12-3-4-12/h2,5,8,12H,1,3-4,7,9H2. The van der Waals surface area contributed by atoms with Crippen LogP contribution in [0.1, 0.15) is 24.8 Å². The predicted octanol–water partition coefficient (Wildman–Crippen LogP) is 3.60. The molecule has 0 spiro atoms. The summed E-state index contributed by atoms with van der Waals surface area (Å²) >= 11 is 3.39. The van der Waals surface area contributed by atoms with Gasteiger partial charge in [-0.15, -0.1) is 0 Å². The van der Waals surface area contributed by atoms with E-state index in [2.05, 4.69) is 26.9 Å². The molecule has 0 amide bonds. The Balaban J connectivity index is 2.25. The van der Waals surface area contributed by atoms with Crippen LogP contribution in [0.5, 0.6) is 0 Å². The Labute approximate surface area is 109 Å². The van der Waals surface area contributed by atoms with Crippen LogP contribution in [0, 0.1) is 17.1 Å². The van der Waals surface area contributed by atoms with E-state index in [9.17, 15) is 4.39 Å². The van der Waals surface area contributed by atoms with Gasteiger partial charge in [0.25, 0.3) is 0 Å².